The SMILES string of the molecule is COc1cc(C(=O)c2ccc(CN)o2)ccc1Cl. The molecule has 0 spiro atoms. The van der Waals surface area contributed by atoms with Gasteiger partial charge in [0.15, 0.2) is 5.76 Å². The van der Waals surface area contributed by atoms with Gasteiger partial charge in [0.25, 0.3) is 0 Å². The number of benzene rings is 1. The number of methoxy groups -OCH3 is 1. The van der Waals surface area contributed by atoms with E-state index in [1.54, 1.807) is 30.3 Å². The minimum Gasteiger partial charge on any atom is -0.495 e. The number of hydrogen-bond donors (Lipinski definition) is 1. The summed E-state index contributed by atoms with van der Waals surface area (Å²) < 4.78 is 10.4. The average molecular weight is 266 g/mol. The van der Waals surface area contributed by atoms with Crippen molar-refractivity contribution in [1.82, 2.24) is 0 Å². The fraction of sp³-hybridized carbons (Fsp3) is 0.154. The van der Waals surface area contributed by atoms with Gasteiger partial charge in [-0.15, -0.1) is 0 Å². The fourth-order valence-electron chi connectivity index (χ4n) is 1.55. The van der Waals surface area contributed by atoms with E-state index >= 15 is 0 Å². The second-order valence-electron chi connectivity index (χ2n) is 3.65. The maximum absolute atomic E-state index is 12.1. The number of carbonyl (C=O) groups is 1. The Balaban J connectivity index is 2.33. The molecule has 0 amide bonds. The molecule has 0 atom stereocenters. The maximum Gasteiger partial charge on any atom is 0.228 e. The third-order valence-corrected chi connectivity index (χ3v) is 2.81. The molecule has 2 aromatic rings. The van der Waals surface area contributed by atoms with Crippen molar-refractivity contribution in [3.8, 4) is 5.75 Å². The van der Waals surface area contributed by atoms with Gasteiger partial charge in [-0.05, 0) is 30.3 Å². The first-order chi connectivity index (χ1) is 8.65. The number of halogens is 1. The zero-order valence-corrected chi connectivity index (χ0v) is 10.5. The zero-order chi connectivity index (χ0) is 13.1. The van der Waals surface area contributed by atoms with Crippen LogP contribution >= 0.6 is 11.6 Å². The Bertz CT molecular complexity index is 577. The topological polar surface area (TPSA) is 65.5 Å². The molecule has 1 aromatic heterocycles. The quantitative estimate of drug-likeness (QED) is 0.863. The van der Waals surface area contributed by atoms with Crippen molar-refractivity contribution < 1.29 is 13.9 Å². The average Bonchev–Trinajstić information content (AvgIpc) is 2.87. The predicted octanol–water partition coefficient (Wildman–Crippen LogP) is 2.63. The number of ketones is 1. The summed E-state index contributed by atoms with van der Waals surface area (Å²) in [4.78, 5) is 12.1. The molecule has 0 bridgehead atoms. The summed E-state index contributed by atoms with van der Waals surface area (Å²) in [6.45, 7) is 0.261. The molecule has 0 saturated carbocycles. The number of carbonyl (C=O) groups excluding carboxylic acids is 1. The fourth-order valence-corrected chi connectivity index (χ4v) is 1.75. The molecule has 0 fully saturated rings. The van der Waals surface area contributed by atoms with Crippen molar-refractivity contribution in [2.75, 3.05) is 7.11 Å². The molecule has 0 unspecified atom stereocenters. The van der Waals surface area contributed by atoms with Gasteiger partial charge in [0, 0.05) is 5.56 Å². The first-order valence-corrected chi connectivity index (χ1v) is 5.70. The summed E-state index contributed by atoms with van der Waals surface area (Å²) in [5.41, 5.74) is 5.88. The highest BCUT2D eigenvalue weighted by Crippen LogP contribution is 2.26. The molecule has 0 radical (unpaired) electrons. The lowest BCUT2D eigenvalue weighted by molar-refractivity contribution is 0.101. The molecule has 5 heteroatoms. The Hall–Kier alpha value is -1.78. The van der Waals surface area contributed by atoms with E-state index in [-0.39, 0.29) is 18.1 Å². The summed E-state index contributed by atoms with van der Waals surface area (Å²) in [5, 5.41) is 0.455. The Morgan fingerprint density at radius 2 is 2.17 bits per heavy atom. The van der Waals surface area contributed by atoms with E-state index in [2.05, 4.69) is 0 Å². The predicted molar refractivity (Wildman–Crippen MR) is 68.0 cm³/mol. The van der Waals surface area contributed by atoms with Crippen LogP contribution in [0, 0.1) is 0 Å². The molecule has 18 heavy (non-hydrogen) atoms. The van der Waals surface area contributed by atoms with Gasteiger partial charge in [0.05, 0.1) is 18.7 Å². The molecule has 2 rings (SSSR count). The van der Waals surface area contributed by atoms with E-state index < -0.39 is 0 Å². The van der Waals surface area contributed by atoms with Gasteiger partial charge in [-0.1, -0.05) is 11.6 Å². The molecule has 0 aliphatic carbocycles. The summed E-state index contributed by atoms with van der Waals surface area (Å²) in [5.74, 6) is 1.04. The van der Waals surface area contributed by atoms with Crippen LogP contribution in [0.5, 0.6) is 5.75 Å². The van der Waals surface area contributed by atoms with Gasteiger partial charge >= 0.3 is 0 Å². The molecule has 0 saturated heterocycles. The molecule has 0 aliphatic heterocycles. The second-order valence-corrected chi connectivity index (χ2v) is 4.06. The van der Waals surface area contributed by atoms with E-state index in [1.165, 1.54) is 7.11 Å². The highest BCUT2D eigenvalue weighted by molar-refractivity contribution is 6.32. The van der Waals surface area contributed by atoms with Crippen LogP contribution in [0.2, 0.25) is 5.02 Å². The molecular weight excluding hydrogens is 254 g/mol. The van der Waals surface area contributed by atoms with Crippen LogP contribution in [0.1, 0.15) is 21.9 Å². The van der Waals surface area contributed by atoms with E-state index in [9.17, 15) is 4.79 Å². The molecule has 1 heterocycles. The van der Waals surface area contributed by atoms with Crippen LogP contribution < -0.4 is 10.5 Å². The van der Waals surface area contributed by atoms with Crippen molar-refractivity contribution >= 4 is 17.4 Å². The highest BCUT2D eigenvalue weighted by atomic mass is 35.5. The van der Waals surface area contributed by atoms with Crippen LogP contribution in [0.3, 0.4) is 0 Å². The number of nitrogens with two attached hydrogens (primary N) is 1. The summed E-state index contributed by atoms with van der Waals surface area (Å²) in [6, 6.07) is 8.10. The largest absolute Gasteiger partial charge is 0.495 e. The van der Waals surface area contributed by atoms with Crippen molar-refractivity contribution in [1.29, 1.82) is 0 Å². The molecular formula is C13H12ClNO3. The van der Waals surface area contributed by atoms with E-state index in [0.29, 0.717) is 22.1 Å². The lowest BCUT2D eigenvalue weighted by Gasteiger charge is -2.04. The van der Waals surface area contributed by atoms with Gasteiger partial charge in [-0.2, -0.15) is 0 Å². The van der Waals surface area contributed by atoms with Crippen LogP contribution in [-0.4, -0.2) is 12.9 Å². The molecule has 0 aliphatic rings. The number of hydrogen-bond acceptors (Lipinski definition) is 4. The van der Waals surface area contributed by atoms with Crippen LogP contribution in [0.25, 0.3) is 0 Å². The third kappa shape index (κ3) is 2.39. The van der Waals surface area contributed by atoms with Crippen molar-refractivity contribution in [3.63, 3.8) is 0 Å². The van der Waals surface area contributed by atoms with Gasteiger partial charge in [0.2, 0.25) is 5.78 Å². The summed E-state index contributed by atoms with van der Waals surface area (Å²) >= 11 is 5.90. The number of ether oxygens (including phenoxy) is 1. The Morgan fingerprint density at radius 1 is 1.39 bits per heavy atom. The minimum absolute atomic E-state index is 0.232. The van der Waals surface area contributed by atoms with Crippen molar-refractivity contribution in [2.45, 2.75) is 6.54 Å². The highest BCUT2D eigenvalue weighted by Gasteiger charge is 2.15. The van der Waals surface area contributed by atoms with Crippen molar-refractivity contribution in [3.05, 3.63) is 52.4 Å². The molecule has 94 valence electrons. The van der Waals surface area contributed by atoms with Crippen LogP contribution in [0.15, 0.2) is 34.7 Å². The lowest BCUT2D eigenvalue weighted by atomic mass is 10.1. The Labute approximate surface area is 109 Å². The van der Waals surface area contributed by atoms with Crippen molar-refractivity contribution in [2.24, 2.45) is 5.73 Å². The van der Waals surface area contributed by atoms with Gasteiger partial charge in [0.1, 0.15) is 11.5 Å². The normalized spacial score (nSPS) is 10.4. The number of furan rings is 1. The van der Waals surface area contributed by atoms with E-state index in [4.69, 9.17) is 26.5 Å². The van der Waals surface area contributed by atoms with Gasteiger partial charge in [-0.25, -0.2) is 0 Å². The van der Waals surface area contributed by atoms with E-state index in [1.807, 2.05) is 0 Å². The van der Waals surface area contributed by atoms with Gasteiger partial charge in [-0.3, -0.25) is 4.79 Å². The Morgan fingerprint density at radius 3 is 2.78 bits per heavy atom. The smallest absolute Gasteiger partial charge is 0.228 e. The zero-order valence-electron chi connectivity index (χ0n) is 9.77. The lowest BCUT2D eigenvalue weighted by Crippen LogP contribution is -2.00. The maximum atomic E-state index is 12.1. The first-order valence-electron chi connectivity index (χ1n) is 5.32. The third-order valence-electron chi connectivity index (χ3n) is 2.50. The summed E-state index contributed by atoms with van der Waals surface area (Å²) in [7, 11) is 1.49. The Kier molecular flexibility index (Phi) is 3.69. The second kappa shape index (κ2) is 5.25. The van der Waals surface area contributed by atoms with Crippen LogP contribution in [0.4, 0.5) is 0 Å². The molecule has 4 nitrogen and oxygen atoms in total. The van der Waals surface area contributed by atoms with Crippen LogP contribution in [-0.2, 0) is 6.54 Å². The molecule has 2 N–H and O–H groups in total. The monoisotopic (exact) mass is 265 g/mol. The number of rotatable bonds is 4. The van der Waals surface area contributed by atoms with E-state index in [0.717, 1.165) is 0 Å². The first kappa shape index (κ1) is 12.7. The van der Waals surface area contributed by atoms with Gasteiger partial charge < -0.3 is 14.9 Å². The summed E-state index contributed by atoms with van der Waals surface area (Å²) in [6.07, 6.45) is 0. The minimum atomic E-state index is -0.232. The standard InChI is InChI=1S/C13H12ClNO3/c1-17-12-6-8(2-4-10(12)14)13(16)11-5-3-9(7-15)18-11/h2-6H,7,15H2,1H3. The molecule has 1 aromatic carbocycles.